The molecule has 1 heterocycles. The van der Waals surface area contributed by atoms with E-state index in [0.717, 1.165) is 24.3 Å². The molecule has 1 fully saturated rings. The topological polar surface area (TPSA) is 127 Å². The van der Waals surface area contributed by atoms with Crippen LogP contribution in [0.1, 0.15) is 32.6 Å². The number of benzene rings is 1. The highest BCUT2D eigenvalue weighted by molar-refractivity contribution is 7.89. The fourth-order valence-electron chi connectivity index (χ4n) is 3.16. The van der Waals surface area contributed by atoms with Gasteiger partial charge < -0.3 is 11.1 Å². The molecule has 0 aromatic heterocycles. The predicted octanol–water partition coefficient (Wildman–Crippen LogP) is 0.566. The number of ketones is 1. The smallest absolute Gasteiger partial charge is 0.267 e. The molecule has 8 nitrogen and oxygen atoms in total. The predicted molar refractivity (Wildman–Crippen MR) is 98.9 cm³/mol. The first kappa shape index (κ1) is 22.0. The average molecular weight is 413 g/mol. The monoisotopic (exact) mass is 413 g/mol. The first-order chi connectivity index (χ1) is 13.1. The fourth-order valence-corrected chi connectivity index (χ4v) is 4.77. The largest absolute Gasteiger partial charge is 0.370 e. The summed E-state index contributed by atoms with van der Waals surface area (Å²) in [6, 6.07) is 2.90. The van der Waals surface area contributed by atoms with Crippen LogP contribution in [0.2, 0.25) is 0 Å². The van der Waals surface area contributed by atoms with Crippen molar-refractivity contribution in [3.63, 3.8) is 0 Å². The van der Waals surface area contributed by atoms with Crippen molar-refractivity contribution in [2.24, 2.45) is 11.7 Å². The molecule has 0 bridgehead atoms. The van der Waals surface area contributed by atoms with Gasteiger partial charge in [-0.05, 0) is 49.6 Å². The van der Waals surface area contributed by atoms with Gasteiger partial charge in [0.25, 0.3) is 10.0 Å². The van der Waals surface area contributed by atoms with Gasteiger partial charge in [0.2, 0.25) is 11.8 Å². The zero-order valence-corrected chi connectivity index (χ0v) is 16.4. The number of rotatable bonds is 7. The summed E-state index contributed by atoms with van der Waals surface area (Å²) in [6.45, 7) is 2.07. The van der Waals surface area contributed by atoms with E-state index in [9.17, 15) is 27.2 Å². The Bertz CT molecular complexity index is 841. The summed E-state index contributed by atoms with van der Waals surface area (Å²) in [6.07, 6.45) is 0.342. The first-order valence-corrected chi connectivity index (χ1v) is 10.4. The Morgan fingerprint density at radius 1 is 1.29 bits per heavy atom. The number of primary amides is 1. The van der Waals surface area contributed by atoms with Crippen LogP contribution in [0, 0.1) is 11.7 Å². The number of carbonyl (C=O) groups excluding carboxylic acids is 3. The highest BCUT2D eigenvalue weighted by Gasteiger charge is 2.39. The van der Waals surface area contributed by atoms with Crippen LogP contribution in [0.5, 0.6) is 0 Å². The molecule has 154 valence electrons. The van der Waals surface area contributed by atoms with Crippen molar-refractivity contribution in [1.82, 2.24) is 9.62 Å². The summed E-state index contributed by atoms with van der Waals surface area (Å²) in [5.74, 6) is -2.93. The van der Waals surface area contributed by atoms with Crippen LogP contribution in [0.15, 0.2) is 29.2 Å². The molecule has 2 atom stereocenters. The lowest BCUT2D eigenvalue weighted by atomic mass is 10.0. The minimum absolute atomic E-state index is 0.0514. The molecule has 0 aliphatic carbocycles. The normalized spacial score (nSPS) is 18.9. The Labute approximate surface area is 163 Å². The van der Waals surface area contributed by atoms with Crippen molar-refractivity contribution >= 4 is 27.6 Å². The van der Waals surface area contributed by atoms with Gasteiger partial charge in [0.05, 0.1) is 11.4 Å². The molecule has 1 aromatic rings. The minimum atomic E-state index is -4.39. The van der Waals surface area contributed by atoms with Crippen molar-refractivity contribution in [2.45, 2.75) is 43.5 Å². The lowest BCUT2D eigenvalue weighted by molar-refractivity contribution is -0.134. The third-order valence-electron chi connectivity index (χ3n) is 4.47. The van der Waals surface area contributed by atoms with E-state index >= 15 is 0 Å². The van der Waals surface area contributed by atoms with Crippen molar-refractivity contribution in [2.75, 3.05) is 13.1 Å². The van der Waals surface area contributed by atoms with E-state index in [1.54, 1.807) is 6.92 Å². The van der Waals surface area contributed by atoms with Gasteiger partial charge in [-0.25, -0.2) is 17.1 Å². The first-order valence-electron chi connectivity index (χ1n) is 8.97. The van der Waals surface area contributed by atoms with Gasteiger partial charge >= 0.3 is 0 Å². The van der Waals surface area contributed by atoms with E-state index in [0.29, 0.717) is 17.3 Å². The summed E-state index contributed by atoms with van der Waals surface area (Å²) < 4.78 is 40.1. The highest BCUT2D eigenvalue weighted by atomic mass is 32.2. The lowest BCUT2D eigenvalue weighted by Gasteiger charge is -2.30. The molecule has 1 aromatic carbocycles. The summed E-state index contributed by atoms with van der Waals surface area (Å²) >= 11 is 0. The molecule has 1 saturated heterocycles. The summed E-state index contributed by atoms with van der Waals surface area (Å²) in [5.41, 5.74) is 5.14. The van der Waals surface area contributed by atoms with E-state index in [-0.39, 0.29) is 30.7 Å². The van der Waals surface area contributed by atoms with Gasteiger partial charge in [-0.15, -0.1) is 0 Å². The molecule has 0 saturated carbocycles. The molecule has 2 amide bonds. The van der Waals surface area contributed by atoms with Gasteiger partial charge in [-0.1, -0.05) is 6.92 Å². The molecular formula is C18H24FN3O5S. The third kappa shape index (κ3) is 5.35. The number of hydrogen-bond acceptors (Lipinski definition) is 6. The van der Waals surface area contributed by atoms with E-state index in [1.165, 1.54) is 0 Å². The maximum atomic E-state index is 13.2. The zero-order valence-electron chi connectivity index (χ0n) is 15.6. The van der Waals surface area contributed by atoms with Crippen LogP contribution >= 0.6 is 0 Å². The summed E-state index contributed by atoms with van der Waals surface area (Å²) in [7, 11) is -4.39. The SMILES string of the molecule is C[C@@H](CC(N)=O)CC(=O)N(C1CCCNCC1=O)S(=O)(=O)c1ccc(F)cc1. The molecule has 1 unspecified atom stereocenters. The van der Waals surface area contributed by atoms with Crippen LogP contribution in [-0.4, -0.2) is 49.5 Å². The number of halogens is 1. The van der Waals surface area contributed by atoms with Gasteiger partial charge in [-0.3, -0.25) is 14.4 Å². The van der Waals surface area contributed by atoms with E-state index in [4.69, 9.17) is 5.73 Å². The molecule has 10 heteroatoms. The van der Waals surface area contributed by atoms with Gasteiger partial charge in [-0.2, -0.15) is 0 Å². The maximum absolute atomic E-state index is 13.2. The van der Waals surface area contributed by atoms with Crippen LogP contribution in [0.4, 0.5) is 4.39 Å². The number of carbonyl (C=O) groups is 3. The number of sulfonamides is 1. The Balaban J connectivity index is 2.42. The molecular weight excluding hydrogens is 389 g/mol. The quantitative estimate of drug-likeness (QED) is 0.673. The molecule has 28 heavy (non-hydrogen) atoms. The van der Waals surface area contributed by atoms with Crippen molar-refractivity contribution in [3.05, 3.63) is 30.1 Å². The van der Waals surface area contributed by atoms with Crippen molar-refractivity contribution in [3.8, 4) is 0 Å². The number of nitrogens with one attached hydrogen (secondary N) is 1. The van der Waals surface area contributed by atoms with E-state index in [2.05, 4.69) is 5.32 Å². The molecule has 1 aliphatic rings. The Morgan fingerprint density at radius 2 is 1.93 bits per heavy atom. The highest BCUT2D eigenvalue weighted by Crippen LogP contribution is 2.25. The van der Waals surface area contributed by atoms with Crippen LogP contribution in [0.3, 0.4) is 0 Å². The molecule has 0 radical (unpaired) electrons. The Kier molecular flexibility index (Phi) is 7.25. The number of nitrogens with two attached hydrogens (primary N) is 1. The maximum Gasteiger partial charge on any atom is 0.267 e. The van der Waals surface area contributed by atoms with Gasteiger partial charge in [0.1, 0.15) is 11.9 Å². The number of nitrogens with zero attached hydrogens (tertiary/aromatic N) is 1. The zero-order chi connectivity index (χ0) is 20.9. The standard InChI is InChI=1S/C18H24FN3O5S/c1-12(9-17(20)24)10-18(25)22(15-3-2-8-21-11-16(15)23)28(26,27)14-6-4-13(19)5-7-14/h4-7,12,15,21H,2-3,8-11H2,1H3,(H2,20,24)/t12-,15?/m0/s1. The molecule has 0 spiro atoms. The Hall–Kier alpha value is -2.33. The molecule has 2 rings (SSSR count). The van der Waals surface area contributed by atoms with E-state index < -0.39 is 45.4 Å². The third-order valence-corrected chi connectivity index (χ3v) is 6.32. The van der Waals surface area contributed by atoms with Crippen LogP contribution in [0.25, 0.3) is 0 Å². The van der Waals surface area contributed by atoms with Crippen molar-refractivity contribution < 1.29 is 27.2 Å². The van der Waals surface area contributed by atoms with Gasteiger partial charge in [0.15, 0.2) is 5.78 Å². The number of amides is 2. The summed E-state index contributed by atoms with van der Waals surface area (Å²) in [4.78, 5) is 36.2. The van der Waals surface area contributed by atoms with Gasteiger partial charge in [0, 0.05) is 12.8 Å². The summed E-state index contributed by atoms with van der Waals surface area (Å²) in [5, 5.41) is 2.89. The Morgan fingerprint density at radius 3 is 2.54 bits per heavy atom. The van der Waals surface area contributed by atoms with Crippen molar-refractivity contribution in [1.29, 1.82) is 0 Å². The minimum Gasteiger partial charge on any atom is -0.370 e. The number of Topliss-reactive ketones (excluding diaryl/α,β-unsaturated/α-hetero) is 1. The lowest BCUT2D eigenvalue weighted by Crippen LogP contribution is -2.50. The second-order valence-electron chi connectivity index (χ2n) is 6.93. The average Bonchev–Trinajstić information content (AvgIpc) is 2.79. The number of hydrogen-bond donors (Lipinski definition) is 2. The molecule has 3 N–H and O–H groups in total. The second kappa shape index (κ2) is 9.24. The second-order valence-corrected chi connectivity index (χ2v) is 8.74. The van der Waals surface area contributed by atoms with Crippen LogP contribution in [-0.2, 0) is 24.4 Å². The van der Waals surface area contributed by atoms with Crippen LogP contribution < -0.4 is 11.1 Å². The fraction of sp³-hybridized carbons (Fsp3) is 0.500. The molecule has 1 aliphatic heterocycles. The van der Waals surface area contributed by atoms with E-state index in [1.807, 2.05) is 0 Å².